The maximum atomic E-state index is 13.0. The van der Waals surface area contributed by atoms with Crippen LogP contribution >= 0.6 is 0 Å². The van der Waals surface area contributed by atoms with Crippen molar-refractivity contribution in [2.75, 3.05) is 7.05 Å². The minimum absolute atomic E-state index is 0.0506. The molecule has 0 aliphatic rings. The molecule has 0 saturated heterocycles. The fraction of sp³-hybridized carbons (Fsp3) is 0.300. The number of carbonyl (C=O) groups is 1. The quantitative estimate of drug-likeness (QED) is 0.795. The van der Waals surface area contributed by atoms with E-state index in [-0.39, 0.29) is 17.9 Å². The molecule has 2 rings (SSSR count). The van der Waals surface area contributed by atoms with E-state index in [4.69, 9.17) is 0 Å². The smallest absolute Gasteiger partial charge is 0.230 e. The number of hydrogen-bond donors (Lipinski definition) is 1. The Bertz CT molecular complexity index is 658. The maximum absolute atomic E-state index is 13.0. The Hall–Kier alpha value is -2.46. The van der Waals surface area contributed by atoms with Crippen molar-refractivity contribution in [1.29, 1.82) is 0 Å². The Labute approximate surface area is 143 Å². The highest BCUT2D eigenvalue weighted by Crippen LogP contribution is 2.26. The Balaban J connectivity index is 2.18. The molecule has 3 atom stereocenters. The van der Waals surface area contributed by atoms with E-state index in [1.54, 1.807) is 30.4 Å². The Kier molecular flexibility index (Phi) is 6.27. The molecule has 0 aliphatic heterocycles. The monoisotopic (exact) mass is 324 g/mol. The fourth-order valence-electron chi connectivity index (χ4n) is 2.72. The van der Waals surface area contributed by atoms with Gasteiger partial charge in [0.1, 0.15) is 0 Å². The molecule has 0 aliphatic carbocycles. The van der Waals surface area contributed by atoms with Crippen molar-refractivity contribution < 1.29 is 9.90 Å². The average Bonchev–Trinajstić information content (AvgIpc) is 2.65. The van der Waals surface area contributed by atoms with E-state index in [1.807, 2.05) is 49.4 Å². The number of amides is 1. The van der Waals surface area contributed by atoms with E-state index in [9.17, 15) is 9.90 Å². The first-order valence-electron chi connectivity index (χ1n) is 8.06. The number of aromatic nitrogens is 1. The molecule has 126 valence electrons. The molecular formula is C20H24N2O2. The van der Waals surface area contributed by atoms with Crippen molar-refractivity contribution in [2.45, 2.75) is 31.4 Å². The third-order valence-electron chi connectivity index (χ3n) is 4.34. The van der Waals surface area contributed by atoms with E-state index in [0.717, 1.165) is 11.1 Å². The SMILES string of the molecule is C=CC[C@H](C(=O)N(C)[C@@H](C)[C@@H](O)c1ccccc1)c1cccnc1. The number of benzene rings is 1. The molecule has 0 unspecified atom stereocenters. The van der Waals surface area contributed by atoms with Gasteiger partial charge in [0.2, 0.25) is 5.91 Å². The average molecular weight is 324 g/mol. The second kappa shape index (κ2) is 8.41. The molecule has 0 saturated carbocycles. The van der Waals surface area contributed by atoms with Crippen molar-refractivity contribution in [3.63, 3.8) is 0 Å². The lowest BCUT2D eigenvalue weighted by atomic mass is 9.94. The zero-order valence-corrected chi connectivity index (χ0v) is 14.2. The molecule has 4 heteroatoms. The summed E-state index contributed by atoms with van der Waals surface area (Å²) in [4.78, 5) is 18.7. The second-order valence-corrected chi connectivity index (χ2v) is 5.91. The summed E-state index contributed by atoms with van der Waals surface area (Å²) in [7, 11) is 1.73. The van der Waals surface area contributed by atoms with Gasteiger partial charge in [-0.05, 0) is 30.5 Å². The highest BCUT2D eigenvalue weighted by molar-refractivity contribution is 5.84. The van der Waals surface area contributed by atoms with Crippen LogP contribution in [0.5, 0.6) is 0 Å². The van der Waals surface area contributed by atoms with E-state index in [2.05, 4.69) is 11.6 Å². The van der Waals surface area contributed by atoms with Crippen LogP contribution in [0.15, 0.2) is 67.5 Å². The maximum Gasteiger partial charge on any atom is 0.230 e. The molecule has 0 bridgehead atoms. The van der Waals surface area contributed by atoms with Crippen LogP contribution < -0.4 is 0 Å². The van der Waals surface area contributed by atoms with Gasteiger partial charge in [-0.25, -0.2) is 0 Å². The van der Waals surface area contributed by atoms with Crippen LogP contribution in [-0.2, 0) is 4.79 Å². The second-order valence-electron chi connectivity index (χ2n) is 5.91. The summed E-state index contributed by atoms with van der Waals surface area (Å²) in [6.07, 6.45) is 4.92. The number of rotatable bonds is 7. The zero-order chi connectivity index (χ0) is 17.5. The summed E-state index contributed by atoms with van der Waals surface area (Å²) in [5.41, 5.74) is 1.65. The first-order valence-corrected chi connectivity index (χ1v) is 8.06. The van der Waals surface area contributed by atoms with Gasteiger partial charge in [-0.1, -0.05) is 42.5 Å². The van der Waals surface area contributed by atoms with Crippen LogP contribution in [0.1, 0.15) is 36.5 Å². The molecule has 1 amide bonds. The van der Waals surface area contributed by atoms with Gasteiger partial charge in [0.15, 0.2) is 0 Å². The van der Waals surface area contributed by atoms with Gasteiger partial charge < -0.3 is 10.0 Å². The lowest BCUT2D eigenvalue weighted by Gasteiger charge is -2.32. The minimum atomic E-state index is -0.738. The van der Waals surface area contributed by atoms with Crippen molar-refractivity contribution >= 4 is 5.91 Å². The molecule has 1 heterocycles. The standard InChI is InChI=1S/C20H24N2O2/c1-4-9-18(17-12-8-13-21-14-17)20(24)22(3)15(2)19(23)16-10-6-5-7-11-16/h4-8,10-15,18-19,23H,1,9H2,2-3H3/t15-,18-,19+/m0/s1. The summed E-state index contributed by atoms with van der Waals surface area (Å²) in [6.45, 7) is 5.61. The first-order chi connectivity index (χ1) is 11.6. The molecule has 24 heavy (non-hydrogen) atoms. The van der Waals surface area contributed by atoms with Gasteiger partial charge in [-0.3, -0.25) is 9.78 Å². The number of nitrogens with zero attached hydrogens (tertiary/aromatic N) is 2. The summed E-state index contributed by atoms with van der Waals surface area (Å²) in [6, 6.07) is 12.8. The predicted molar refractivity (Wildman–Crippen MR) is 95.4 cm³/mol. The van der Waals surface area contributed by atoms with E-state index in [1.165, 1.54) is 0 Å². The molecule has 2 aromatic rings. The van der Waals surface area contributed by atoms with Crippen molar-refractivity contribution in [3.8, 4) is 0 Å². The Morgan fingerprint density at radius 3 is 2.50 bits per heavy atom. The predicted octanol–water partition coefficient (Wildman–Crippen LogP) is 3.32. The Morgan fingerprint density at radius 2 is 1.92 bits per heavy atom. The molecule has 0 fully saturated rings. The lowest BCUT2D eigenvalue weighted by Crippen LogP contribution is -2.41. The number of allylic oxidation sites excluding steroid dienone is 1. The number of pyridine rings is 1. The van der Waals surface area contributed by atoms with Gasteiger partial charge in [0.05, 0.1) is 18.1 Å². The summed E-state index contributed by atoms with van der Waals surface area (Å²) >= 11 is 0. The van der Waals surface area contributed by atoms with Crippen LogP contribution in [0, 0.1) is 0 Å². The van der Waals surface area contributed by atoms with Crippen LogP contribution in [-0.4, -0.2) is 34.0 Å². The number of aliphatic hydroxyl groups is 1. The van der Waals surface area contributed by atoms with Crippen molar-refractivity contribution in [3.05, 3.63) is 78.6 Å². The zero-order valence-electron chi connectivity index (χ0n) is 14.2. The molecule has 4 nitrogen and oxygen atoms in total. The molecule has 1 aromatic heterocycles. The summed E-state index contributed by atoms with van der Waals surface area (Å²) in [5, 5.41) is 10.6. The van der Waals surface area contributed by atoms with Crippen molar-refractivity contribution in [1.82, 2.24) is 9.88 Å². The highest BCUT2D eigenvalue weighted by atomic mass is 16.3. The first kappa shape index (κ1) is 17.9. The lowest BCUT2D eigenvalue weighted by molar-refractivity contribution is -0.135. The summed E-state index contributed by atoms with van der Waals surface area (Å²) in [5.74, 6) is -0.392. The molecule has 0 radical (unpaired) electrons. The topological polar surface area (TPSA) is 53.4 Å². The van der Waals surface area contributed by atoms with Crippen LogP contribution in [0.2, 0.25) is 0 Å². The third kappa shape index (κ3) is 4.09. The van der Waals surface area contributed by atoms with Crippen LogP contribution in [0.3, 0.4) is 0 Å². The van der Waals surface area contributed by atoms with E-state index >= 15 is 0 Å². The molecule has 1 aromatic carbocycles. The molecule has 1 N–H and O–H groups in total. The number of hydrogen-bond acceptors (Lipinski definition) is 3. The highest BCUT2D eigenvalue weighted by Gasteiger charge is 2.29. The largest absolute Gasteiger partial charge is 0.386 e. The normalized spacial score (nSPS) is 14.5. The minimum Gasteiger partial charge on any atom is -0.386 e. The number of aliphatic hydroxyl groups excluding tert-OH is 1. The van der Waals surface area contributed by atoms with E-state index in [0.29, 0.717) is 6.42 Å². The fourth-order valence-corrected chi connectivity index (χ4v) is 2.72. The summed E-state index contributed by atoms with van der Waals surface area (Å²) < 4.78 is 0. The molecule has 0 spiro atoms. The molecular weight excluding hydrogens is 300 g/mol. The van der Waals surface area contributed by atoms with Gasteiger partial charge in [-0.2, -0.15) is 0 Å². The third-order valence-corrected chi connectivity index (χ3v) is 4.34. The number of likely N-dealkylation sites (N-methyl/N-ethyl adjacent to an activating group) is 1. The number of carbonyl (C=O) groups excluding carboxylic acids is 1. The van der Waals surface area contributed by atoms with Gasteiger partial charge in [0.25, 0.3) is 0 Å². The van der Waals surface area contributed by atoms with Crippen LogP contribution in [0.4, 0.5) is 0 Å². The van der Waals surface area contributed by atoms with Crippen molar-refractivity contribution in [2.24, 2.45) is 0 Å². The van der Waals surface area contributed by atoms with Gasteiger partial charge in [-0.15, -0.1) is 6.58 Å². The Morgan fingerprint density at radius 1 is 1.25 bits per heavy atom. The van der Waals surface area contributed by atoms with Crippen LogP contribution in [0.25, 0.3) is 0 Å². The van der Waals surface area contributed by atoms with Gasteiger partial charge >= 0.3 is 0 Å². The van der Waals surface area contributed by atoms with E-state index < -0.39 is 6.10 Å². The van der Waals surface area contributed by atoms with Gasteiger partial charge in [0, 0.05) is 19.4 Å².